The van der Waals surface area contributed by atoms with Gasteiger partial charge in [-0.2, -0.15) is 0 Å². The number of anilines is 1. The van der Waals surface area contributed by atoms with E-state index >= 15 is 0 Å². The first-order chi connectivity index (χ1) is 8.15. The summed E-state index contributed by atoms with van der Waals surface area (Å²) in [6.07, 6.45) is 0. The molecule has 0 heterocycles. The second-order valence-electron chi connectivity index (χ2n) is 3.60. The van der Waals surface area contributed by atoms with Crippen molar-refractivity contribution in [3.8, 4) is 5.75 Å². The van der Waals surface area contributed by atoms with Gasteiger partial charge in [-0.3, -0.25) is 0 Å². The molecule has 2 N–H and O–H groups in total. The van der Waals surface area contributed by atoms with E-state index in [-0.39, 0.29) is 23.9 Å². The van der Waals surface area contributed by atoms with E-state index in [0.29, 0.717) is 5.56 Å². The first kappa shape index (κ1) is 11.4. The highest BCUT2D eigenvalue weighted by Crippen LogP contribution is 2.19. The molecule has 17 heavy (non-hydrogen) atoms. The van der Waals surface area contributed by atoms with E-state index < -0.39 is 5.82 Å². The Morgan fingerprint density at radius 2 is 1.82 bits per heavy atom. The predicted octanol–water partition coefficient (Wildman–Crippen LogP) is 3.13. The van der Waals surface area contributed by atoms with Crippen molar-refractivity contribution in [3.63, 3.8) is 0 Å². The van der Waals surface area contributed by atoms with Crippen LogP contribution >= 0.6 is 0 Å². The van der Waals surface area contributed by atoms with Crippen molar-refractivity contribution in [3.05, 3.63) is 59.7 Å². The van der Waals surface area contributed by atoms with Gasteiger partial charge < -0.3 is 10.5 Å². The number of hydrogen-bond donors (Lipinski definition) is 1. The van der Waals surface area contributed by atoms with Gasteiger partial charge in [0.1, 0.15) is 24.0 Å². The monoisotopic (exact) mass is 235 g/mol. The molecule has 0 aliphatic rings. The molecule has 0 radical (unpaired) electrons. The van der Waals surface area contributed by atoms with Crippen LogP contribution < -0.4 is 10.5 Å². The van der Waals surface area contributed by atoms with Gasteiger partial charge in [0.2, 0.25) is 0 Å². The van der Waals surface area contributed by atoms with Gasteiger partial charge in [0, 0.05) is 23.4 Å². The molecule has 0 unspecified atom stereocenters. The van der Waals surface area contributed by atoms with Crippen molar-refractivity contribution in [2.45, 2.75) is 6.61 Å². The number of nitrogen functional groups attached to an aromatic ring is 1. The smallest absolute Gasteiger partial charge is 0.129 e. The Balaban J connectivity index is 2.10. The Labute approximate surface area is 97.6 Å². The van der Waals surface area contributed by atoms with Crippen molar-refractivity contribution in [1.29, 1.82) is 0 Å². The van der Waals surface area contributed by atoms with Crippen molar-refractivity contribution < 1.29 is 13.5 Å². The Hall–Kier alpha value is -2.10. The van der Waals surface area contributed by atoms with Gasteiger partial charge in [0.15, 0.2) is 0 Å². The maximum atomic E-state index is 13.3. The Morgan fingerprint density at radius 1 is 1.06 bits per heavy atom. The molecule has 0 bridgehead atoms. The molecule has 2 aromatic carbocycles. The molecule has 88 valence electrons. The van der Waals surface area contributed by atoms with Gasteiger partial charge in [-0.05, 0) is 12.1 Å². The third-order valence-electron chi connectivity index (χ3n) is 2.25. The number of nitrogens with two attached hydrogens (primary N) is 1. The Bertz CT molecular complexity index is 508. The van der Waals surface area contributed by atoms with Crippen LogP contribution in [0.25, 0.3) is 0 Å². The summed E-state index contributed by atoms with van der Waals surface area (Å²) in [6, 6.07) is 10.1. The fraction of sp³-hybridized carbons (Fsp3) is 0.0769. The highest BCUT2D eigenvalue weighted by molar-refractivity contribution is 5.44. The molecule has 4 heteroatoms. The lowest BCUT2D eigenvalue weighted by Crippen LogP contribution is -1.99. The minimum Gasteiger partial charge on any atom is -0.489 e. The standard InChI is InChI=1S/C13H11F2NO/c14-10-5-11(16)7-12(6-10)17-8-9-3-1-2-4-13(9)15/h1-7H,8,16H2. The molecule has 0 aliphatic heterocycles. The third-order valence-corrected chi connectivity index (χ3v) is 2.25. The molecule has 2 rings (SSSR count). The fourth-order valence-electron chi connectivity index (χ4n) is 1.44. The largest absolute Gasteiger partial charge is 0.489 e. The van der Waals surface area contributed by atoms with E-state index in [1.807, 2.05) is 0 Å². The highest BCUT2D eigenvalue weighted by atomic mass is 19.1. The molecular weight excluding hydrogens is 224 g/mol. The normalized spacial score (nSPS) is 10.2. The lowest BCUT2D eigenvalue weighted by atomic mass is 10.2. The van der Waals surface area contributed by atoms with Crippen LogP contribution in [0.1, 0.15) is 5.56 Å². The van der Waals surface area contributed by atoms with E-state index in [2.05, 4.69) is 0 Å². The average Bonchev–Trinajstić information content (AvgIpc) is 2.27. The summed E-state index contributed by atoms with van der Waals surface area (Å²) in [5.41, 5.74) is 6.15. The summed E-state index contributed by atoms with van der Waals surface area (Å²) < 4.78 is 31.5. The van der Waals surface area contributed by atoms with Crippen molar-refractivity contribution in [1.82, 2.24) is 0 Å². The summed E-state index contributed by atoms with van der Waals surface area (Å²) in [7, 11) is 0. The van der Waals surface area contributed by atoms with Crippen LogP contribution in [0.2, 0.25) is 0 Å². The minimum atomic E-state index is -0.478. The van der Waals surface area contributed by atoms with Gasteiger partial charge in [-0.1, -0.05) is 18.2 Å². The SMILES string of the molecule is Nc1cc(F)cc(OCc2ccccc2F)c1. The molecule has 0 amide bonds. The number of rotatable bonds is 3. The first-order valence-corrected chi connectivity index (χ1v) is 5.07. The van der Waals surface area contributed by atoms with Crippen LogP contribution in [0.3, 0.4) is 0 Å². The number of ether oxygens (including phenoxy) is 1. The van der Waals surface area contributed by atoms with Gasteiger partial charge in [0.25, 0.3) is 0 Å². The third kappa shape index (κ3) is 2.93. The number of benzene rings is 2. The quantitative estimate of drug-likeness (QED) is 0.829. The Kier molecular flexibility index (Phi) is 3.23. The molecule has 0 saturated heterocycles. The van der Waals surface area contributed by atoms with Crippen LogP contribution in [0.5, 0.6) is 5.75 Å². The van der Waals surface area contributed by atoms with Gasteiger partial charge >= 0.3 is 0 Å². The summed E-state index contributed by atoms with van der Waals surface area (Å²) in [5, 5.41) is 0. The predicted molar refractivity (Wildman–Crippen MR) is 61.5 cm³/mol. The maximum Gasteiger partial charge on any atom is 0.129 e. The zero-order valence-electron chi connectivity index (χ0n) is 8.99. The molecule has 2 aromatic rings. The second kappa shape index (κ2) is 4.82. The molecule has 0 saturated carbocycles. The van der Waals surface area contributed by atoms with Crippen LogP contribution in [0.4, 0.5) is 14.5 Å². The van der Waals surface area contributed by atoms with Crippen LogP contribution in [-0.2, 0) is 6.61 Å². The zero-order valence-corrected chi connectivity index (χ0v) is 8.99. The van der Waals surface area contributed by atoms with E-state index in [0.717, 1.165) is 0 Å². The number of hydrogen-bond acceptors (Lipinski definition) is 2. The Morgan fingerprint density at radius 3 is 2.53 bits per heavy atom. The minimum absolute atomic E-state index is 0.0373. The van der Waals surface area contributed by atoms with Crippen molar-refractivity contribution in [2.75, 3.05) is 5.73 Å². The van der Waals surface area contributed by atoms with Crippen LogP contribution in [0, 0.1) is 11.6 Å². The summed E-state index contributed by atoms with van der Waals surface area (Å²) in [6.45, 7) is 0.0373. The average molecular weight is 235 g/mol. The zero-order chi connectivity index (χ0) is 12.3. The highest BCUT2D eigenvalue weighted by Gasteiger charge is 2.03. The van der Waals surface area contributed by atoms with Crippen LogP contribution in [0.15, 0.2) is 42.5 Å². The fourth-order valence-corrected chi connectivity index (χ4v) is 1.44. The molecule has 0 spiro atoms. The maximum absolute atomic E-state index is 13.3. The van der Waals surface area contributed by atoms with Crippen LogP contribution in [-0.4, -0.2) is 0 Å². The molecule has 2 nitrogen and oxygen atoms in total. The first-order valence-electron chi connectivity index (χ1n) is 5.07. The van der Waals surface area contributed by atoms with Crippen molar-refractivity contribution >= 4 is 5.69 Å². The number of halogens is 2. The summed E-state index contributed by atoms with van der Waals surface area (Å²) >= 11 is 0. The molecule has 0 fully saturated rings. The van der Waals surface area contributed by atoms with Gasteiger partial charge in [-0.15, -0.1) is 0 Å². The second-order valence-corrected chi connectivity index (χ2v) is 3.60. The summed E-state index contributed by atoms with van der Waals surface area (Å²) in [5.74, 6) is -0.545. The molecular formula is C13H11F2NO. The van der Waals surface area contributed by atoms with E-state index in [4.69, 9.17) is 10.5 Å². The van der Waals surface area contributed by atoms with E-state index in [1.54, 1.807) is 18.2 Å². The lowest BCUT2D eigenvalue weighted by Gasteiger charge is -2.07. The lowest BCUT2D eigenvalue weighted by molar-refractivity contribution is 0.298. The van der Waals surface area contributed by atoms with Crippen molar-refractivity contribution in [2.24, 2.45) is 0 Å². The topological polar surface area (TPSA) is 35.2 Å². The molecule has 0 aliphatic carbocycles. The van der Waals surface area contributed by atoms with E-state index in [9.17, 15) is 8.78 Å². The van der Waals surface area contributed by atoms with Gasteiger partial charge in [0.05, 0.1) is 0 Å². The summed E-state index contributed by atoms with van der Waals surface area (Å²) in [4.78, 5) is 0. The molecule has 0 atom stereocenters. The molecule has 0 aromatic heterocycles. The van der Waals surface area contributed by atoms with Gasteiger partial charge in [-0.25, -0.2) is 8.78 Å². The van der Waals surface area contributed by atoms with E-state index in [1.165, 1.54) is 24.3 Å².